The van der Waals surface area contributed by atoms with Crippen molar-refractivity contribution in [3.63, 3.8) is 0 Å². The summed E-state index contributed by atoms with van der Waals surface area (Å²) in [6.45, 7) is 6.45. The van der Waals surface area contributed by atoms with E-state index in [1.807, 2.05) is 42.5 Å². The summed E-state index contributed by atoms with van der Waals surface area (Å²) in [5, 5.41) is 13.9. The number of hydrogen-bond donors (Lipinski definition) is 2. The van der Waals surface area contributed by atoms with Crippen LogP contribution in [0.1, 0.15) is 39.2 Å². The van der Waals surface area contributed by atoms with Crippen molar-refractivity contribution >= 4 is 12.4 Å². The summed E-state index contributed by atoms with van der Waals surface area (Å²) in [7, 11) is 0. The molecule has 142 valence electrons. The first-order valence-corrected chi connectivity index (χ1v) is 9.17. The zero-order valence-corrected chi connectivity index (χ0v) is 16.6. The molecule has 26 heavy (non-hydrogen) atoms. The Bertz CT molecular complexity index is 667. The van der Waals surface area contributed by atoms with E-state index in [1.54, 1.807) is 0 Å². The Hall–Kier alpha value is -1.55. The lowest BCUT2D eigenvalue weighted by molar-refractivity contribution is 0.133. The predicted molar refractivity (Wildman–Crippen MR) is 109 cm³/mol. The molecule has 3 unspecified atom stereocenters. The molecule has 0 aromatic heterocycles. The van der Waals surface area contributed by atoms with Crippen LogP contribution in [0.2, 0.25) is 0 Å². The second kappa shape index (κ2) is 8.90. The van der Waals surface area contributed by atoms with Crippen LogP contribution in [0.5, 0.6) is 11.5 Å². The number of rotatable bonds is 5. The molecule has 0 aliphatic heterocycles. The number of halogens is 1. The highest BCUT2D eigenvalue weighted by atomic mass is 35.5. The first-order valence-electron chi connectivity index (χ1n) is 9.17. The van der Waals surface area contributed by atoms with Crippen molar-refractivity contribution in [3.8, 4) is 11.5 Å². The monoisotopic (exact) mass is 375 g/mol. The van der Waals surface area contributed by atoms with Crippen LogP contribution in [0.15, 0.2) is 54.6 Å². The Kier molecular flexibility index (Phi) is 7.10. The first-order chi connectivity index (χ1) is 11.9. The molecule has 0 spiro atoms. The summed E-state index contributed by atoms with van der Waals surface area (Å²) in [5.74, 6) is 2.23. The van der Waals surface area contributed by atoms with E-state index in [1.165, 1.54) is 5.56 Å². The van der Waals surface area contributed by atoms with Gasteiger partial charge in [-0.3, -0.25) is 0 Å². The van der Waals surface area contributed by atoms with Crippen LogP contribution in [0.25, 0.3) is 0 Å². The molecule has 2 aromatic rings. The van der Waals surface area contributed by atoms with Crippen molar-refractivity contribution in [2.24, 2.45) is 5.92 Å². The maximum absolute atomic E-state index is 10.3. The first kappa shape index (κ1) is 20.8. The van der Waals surface area contributed by atoms with E-state index in [9.17, 15) is 5.11 Å². The van der Waals surface area contributed by atoms with Crippen molar-refractivity contribution < 1.29 is 9.84 Å². The maximum Gasteiger partial charge on any atom is 0.127 e. The van der Waals surface area contributed by atoms with E-state index in [0.29, 0.717) is 5.92 Å². The summed E-state index contributed by atoms with van der Waals surface area (Å²) >= 11 is 0. The number of para-hydroxylation sites is 1. The van der Waals surface area contributed by atoms with Crippen LogP contribution in [-0.4, -0.2) is 22.8 Å². The Morgan fingerprint density at radius 2 is 1.58 bits per heavy atom. The van der Waals surface area contributed by atoms with E-state index in [2.05, 4.69) is 38.2 Å². The van der Waals surface area contributed by atoms with Crippen LogP contribution in [0.4, 0.5) is 0 Å². The van der Waals surface area contributed by atoms with Gasteiger partial charge in [-0.25, -0.2) is 0 Å². The smallest absolute Gasteiger partial charge is 0.127 e. The molecular weight excluding hydrogens is 346 g/mol. The second-order valence-electron chi connectivity index (χ2n) is 8.17. The van der Waals surface area contributed by atoms with Gasteiger partial charge in [0.15, 0.2) is 0 Å². The van der Waals surface area contributed by atoms with Gasteiger partial charge in [0, 0.05) is 11.6 Å². The third-order valence-electron chi connectivity index (χ3n) is 4.67. The van der Waals surface area contributed by atoms with Gasteiger partial charge >= 0.3 is 0 Å². The average molecular weight is 376 g/mol. The molecular formula is C22H30ClNO2. The lowest BCUT2D eigenvalue weighted by Gasteiger charge is -2.27. The SMILES string of the molecule is CC(C)(C)NC1CC(Cc2ccc(Oc3ccccc3)cc2)CC1O.Cl. The topological polar surface area (TPSA) is 41.5 Å². The summed E-state index contributed by atoms with van der Waals surface area (Å²) in [4.78, 5) is 0. The fraction of sp³-hybridized carbons (Fsp3) is 0.455. The number of nitrogens with one attached hydrogen (secondary N) is 1. The van der Waals surface area contributed by atoms with Crippen molar-refractivity contribution in [1.29, 1.82) is 0 Å². The van der Waals surface area contributed by atoms with Crippen LogP contribution >= 0.6 is 12.4 Å². The molecule has 1 fully saturated rings. The van der Waals surface area contributed by atoms with Gasteiger partial charge in [-0.05, 0) is 75.8 Å². The molecule has 2 N–H and O–H groups in total. The van der Waals surface area contributed by atoms with Gasteiger partial charge in [0.2, 0.25) is 0 Å². The normalized spacial score (nSPS) is 22.7. The zero-order chi connectivity index (χ0) is 17.9. The number of hydrogen-bond acceptors (Lipinski definition) is 3. The van der Waals surface area contributed by atoms with Crippen LogP contribution in [0.3, 0.4) is 0 Å². The molecule has 1 saturated carbocycles. The summed E-state index contributed by atoms with van der Waals surface area (Å²) in [5.41, 5.74) is 1.34. The van der Waals surface area contributed by atoms with Gasteiger partial charge in [0.05, 0.1) is 6.10 Å². The fourth-order valence-corrected chi connectivity index (χ4v) is 3.65. The second-order valence-corrected chi connectivity index (χ2v) is 8.17. The van der Waals surface area contributed by atoms with Gasteiger partial charge < -0.3 is 15.2 Å². The van der Waals surface area contributed by atoms with Gasteiger partial charge in [0.25, 0.3) is 0 Å². The van der Waals surface area contributed by atoms with Crippen LogP contribution < -0.4 is 10.1 Å². The van der Waals surface area contributed by atoms with Crippen LogP contribution in [0, 0.1) is 5.92 Å². The highest BCUT2D eigenvalue weighted by Crippen LogP contribution is 2.31. The van der Waals surface area contributed by atoms with Crippen molar-refractivity contribution in [1.82, 2.24) is 5.32 Å². The standard InChI is InChI=1S/C22H29NO2.ClH/c1-22(2,3)23-20-14-17(15-21(20)24)13-16-9-11-19(12-10-16)25-18-7-5-4-6-8-18;/h4-12,17,20-21,23-24H,13-15H2,1-3H3;1H. The van der Waals surface area contributed by atoms with E-state index in [-0.39, 0.29) is 30.1 Å². The zero-order valence-electron chi connectivity index (χ0n) is 15.8. The molecule has 0 saturated heterocycles. The van der Waals surface area contributed by atoms with Crippen molar-refractivity contribution in [2.45, 2.75) is 57.7 Å². The van der Waals surface area contributed by atoms with Crippen LogP contribution in [-0.2, 0) is 6.42 Å². The number of ether oxygens (including phenoxy) is 1. The Morgan fingerprint density at radius 1 is 0.962 bits per heavy atom. The highest BCUT2D eigenvalue weighted by molar-refractivity contribution is 5.85. The fourth-order valence-electron chi connectivity index (χ4n) is 3.65. The van der Waals surface area contributed by atoms with Crippen molar-refractivity contribution in [2.75, 3.05) is 0 Å². The Labute approximate surface area is 163 Å². The van der Waals surface area contributed by atoms with Gasteiger partial charge in [0.1, 0.15) is 11.5 Å². The molecule has 3 nitrogen and oxygen atoms in total. The van der Waals surface area contributed by atoms with Gasteiger partial charge in [-0.15, -0.1) is 12.4 Å². The van der Waals surface area contributed by atoms with E-state index >= 15 is 0 Å². The average Bonchev–Trinajstić information content (AvgIpc) is 2.88. The lowest BCUT2D eigenvalue weighted by atomic mass is 9.97. The number of aliphatic hydroxyl groups excluding tert-OH is 1. The minimum atomic E-state index is -0.245. The summed E-state index contributed by atoms with van der Waals surface area (Å²) in [6, 6.07) is 18.3. The molecule has 0 heterocycles. The molecule has 1 aliphatic rings. The largest absolute Gasteiger partial charge is 0.457 e. The van der Waals surface area contributed by atoms with Gasteiger partial charge in [-0.1, -0.05) is 30.3 Å². The maximum atomic E-state index is 10.3. The third-order valence-corrected chi connectivity index (χ3v) is 4.67. The molecule has 1 aliphatic carbocycles. The molecule has 3 rings (SSSR count). The predicted octanol–water partition coefficient (Wildman–Crippen LogP) is 4.97. The van der Waals surface area contributed by atoms with Crippen molar-refractivity contribution in [3.05, 3.63) is 60.2 Å². The Morgan fingerprint density at radius 3 is 2.19 bits per heavy atom. The van der Waals surface area contributed by atoms with Gasteiger partial charge in [-0.2, -0.15) is 0 Å². The van der Waals surface area contributed by atoms with E-state index < -0.39 is 0 Å². The lowest BCUT2D eigenvalue weighted by Crippen LogP contribution is -2.47. The molecule has 3 atom stereocenters. The van der Waals surface area contributed by atoms with E-state index in [4.69, 9.17) is 4.74 Å². The number of benzene rings is 2. The minimum absolute atomic E-state index is 0. The minimum Gasteiger partial charge on any atom is -0.457 e. The quantitative estimate of drug-likeness (QED) is 0.775. The van der Waals surface area contributed by atoms with E-state index in [0.717, 1.165) is 30.8 Å². The summed E-state index contributed by atoms with van der Waals surface area (Å²) in [6.07, 6.45) is 2.66. The molecule has 0 bridgehead atoms. The number of aliphatic hydroxyl groups is 1. The molecule has 0 amide bonds. The molecule has 2 aromatic carbocycles. The Balaban J connectivity index is 0.00000243. The summed E-state index contributed by atoms with van der Waals surface area (Å²) < 4.78 is 5.84. The highest BCUT2D eigenvalue weighted by Gasteiger charge is 2.34. The third kappa shape index (κ3) is 6.01. The molecule has 0 radical (unpaired) electrons. The molecule has 4 heteroatoms.